The maximum Gasteiger partial charge on any atom is 0.224 e. The fraction of sp³-hybridized carbons (Fsp3) is 0.286. The van der Waals surface area contributed by atoms with Crippen molar-refractivity contribution in [2.75, 3.05) is 17.2 Å². The van der Waals surface area contributed by atoms with Crippen LogP contribution in [0.5, 0.6) is 0 Å². The van der Waals surface area contributed by atoms with Crippen LogP contribution in [-0.2, 0) is 6.54 Å². The first-order valence-electron chi connectivity index (χ1n) is 6.34. The van der Waals surface area contributed by atoms with Crippen LogP contribution in [0.3, 0.4) is 0 Å². The number of halogens is 1. The second-order valence-corrected chi connectivity index (χ2v) is 5.01. The van der Waals surface area contributed by atoms with Gasteiger partial charge in [0.1, 0.15) is 5.82 Å². The van der Waals surface area contributed by atoms with E-state index >= 15 is 0 Å². The Hall–Kier alpha value is -1.62. The van der Waals surface area contributed by atoms with Crippen LogP contribution in [0.4, 0.5) is 11.8 Å². The van der Waals surface area contributed by atoms with Crippen molar-refractivity contribution in [2.24, 2.45) is 0 Å². The van der Waals surface area contributed by atoms with Gasteiger partial charge in [0.15, 0.2) is 0 Å². The highest BCUT2D eigenvalue weighted by Crippen LogP contribution is 2.20. The van der Waals surface area contributed by atoms with Crippen LogP contribution in [-0.4, -0.2) is 16.5 Å². The third kappa shape index (κ3) is 4.21. The van der Waals surface area contributed by atoms with Crippen LogP contribution >= 0.6 is 15.9 Å². The molecule has 5 heteroatoms. The van der Waals surface area contributed by atoms with E-state index in [1.54, 1.807) is 6.20 Å². The maximum atomic E-state index is 4.44. The minimum atomic E-state index is 0.653. The first-order chi connectivity index (χ1) is 9.29. The number of aromatic nitrogens is 2. The SMILES string of the molecule is CCCNc1ncc(Br)c(NCc2ccccc2)n1. The summed E-state index contributed by atoms with van der Waals surface area (Å²) in [5.74, 6) is 1.46. The fourth-order valence-electron chi connectivity index (χ4n) is 1.59. The molecule has 0 unspecified atom stereocenters. The van der Waals surface area contributed by atoms with Crippen LogP contribution in [0.1, 0.15) is 18.9 Å². The lowest BCUT2D eigenvalue weighted by atomic mass is 10.2. The molecule has 2 N–H and O–H groups in total. The molecule has 0 aliphatic carbocycles. The van der Waals surface area contributed by atoms with Gasteiger partial charge in [-0.2, -0.15) is 4.98 Å². The van der Waals surface area contributed by atoms with E-state index in [4.69, 9.17) is 0 Å². The van der Waals surface area contributed by atoms with Crippen molar-refractivity contribution in [3.05, 3.63) is 46.6 Å². The molecule has 0 aliphatic heterocycles. The third-order valence-electron chi connectivity index (χ3n) is 2.58. The van der Waals surface area contributed by atoms with E-state index in [0.717, 1.165) is 29.8 Å². The van der Waals surface area contributed by atoms with E-state index in [0.29, 0.717) is 5.95 Å². The third-order valence-corrected chi connectivity index (χ3v) is 3.16. The molecule has 100 valence electrons. The topological polar surface area (TPSA) is 49.8 Å². The molecule has 0 saturated heterocycles. The average molecular weight is 321 g/mol. The molecule has 19 heavy (non-hydrogen) atoms. The Kier molecular flexibility index (Phi) is 5.15. The summed E-state index contributed by atoms with van der Waals surface area (Å²) in [5, 5.41) is 6.49. The van der Waals surface area contributed by atoms with E-state index in [-0.39, 0.29) is 0 Å². The summed E-state index contributed by atoms with van der Waals surface area (Å²) >= 11 is 3.46. The molecule has 2 rings (SSSR count). The number of hydrogen-bond donors (Lipinski definition) is 2. The monoisotopic (exact) mass is 320 g/mol. The second-order valence-electron chi connectivity index (χ2n) is 4.16. The predicted molar refractivity (Wildman–Crippen MR) is 82.3 cm³/mol. The van der Waals surface area contributed by atoms with E-state index in [2.05, 4.69) is 55.6 Å². The molecule has 0 radical (unpaired) electrons. The van der Waals surface area contributed by atoms with Gasteiger partial charge in [-0.3, -0.25) is 0 Å². The largest absolute Gasteiger partial charge is 0.365 e. The number of rotatable bonds is 6. The Bertz CT molecular complexity index is 516. The highest BCUT2D eigenvalue weighted by atomic mass is 79.9. The molecule has 0 bridgehead atoms. The first kappa shape index (κ1) is 13.8. The van der Waals surface area contributed by atoms with Gasteiger partial charge in [0.2, 0.25) is 5.95 Å². The summed E-state index contributed by atoms with van der Waals surface area (Å²) in [4.78, 5) is 8.67. The summed E-state index contributed by atoms with van der Waals surface area (Å²) in [6.07, 6.45) is 2.81. The molecule has 1 aromatic carbocycles. The van der Waals surface area contributed by atoms with Crippen molar-refractivity contribution in [1.29, 1.82) is 0 Å². The quantitative estimate of drug-likeness (QED) is 0.852. The molecule has 4 nitrogen and oxygen atoms in total. The van der Waals surface area contributed by atoms with Gasteiger partial charge in [-0.05, 0) is 27.9 Å². The van der Waals surface area contributed by atoms with Crippen LogP contribution in [0.15, 0.2) is 41.0 Å². The van der Waals surface area contributed by atoms with Gasteiger partial charge in [0.25, 0.3) is 0 Å². The summed E-state index contributed by atoms with van der Waals surface area (Å²) in [5.41, 5.74) is 1.22. The lowest BCUT2D eigenvalue weighted by Gasteiger charge is -2.09. The zero-order chi connectivity index (χ0) is 13.5. The summed E-state index contributed by atoms with van der Waals surface area (Å²) in [6, 6.07) is 10.2. The summed E-state index contributed by atoms with van der Waals surface area (Å²) < 4.78 is 0.866. The summed E-state index contributed by atoms with van der Waals surface area (Å²) in [6.45, 7) is 3.73. The Balaban J connectivity index is 2.02. The molecule has 2 aromatic rings. The molecular weight excluding hydrogens is 304 g/mol. The number of nitrogens with zero attached hydrogens (tertiary/aromatic N) is 2. The van der Waals surface area contributed by atoms with Crippen molar-refractivity contribution in [2.45, 2.75) is 19.9 Å². The van der Waals surface area contributed by atoms with Gasteiger partial charge >= 0.3 is 0 Å². The van der Waals surface area contributed by atoms with Gasteiger partial charge in [-0.15, -0.1) is 0 Å². The van der Waals surface area contributed by atoms with Gasteiger partial charge in [0, 0.05) is 19.3 Å². The Labute approximate surface area is 121 Å². The van der Waals surface area contributed by atoms with E-state index in [9.17, 15) is 0 Å². The molecule has 0 fully saturated rings. The second kappa shape index (κ2) is 7.09. The van der Waals surface area contributed by atoms with Gasteiger partial charge in [-0.25, -0.2) is 4.98 Å². The van der Waals surface area contributed by atoms with Gasteiger partial charge < -0.3 is 10.6 Å². The smallest absolute Gasteiger partial charge is 0.224 e. The van der Waals surface area contributed by atoms with Crippen LogP contribution in [0, 0.1) is 0 Å². The van der Waals surface area contributed by atoms with Crippen molar-refractivity contribution >= 4 is 27.7 Å². The van der Waals surface area contributed by atoms with Crippen molar-refractivity contribution in [3.8, 4) is 0 Å². The Morgan fingerprint density at radius 3 is 2.68 bits per heavy atom. The van der Waals surface area contributed by atoms with Crippen molar-refractivity contribution in [1.82, 2.24) is 9.97 Å². The number of benzene rings is 1. The molecule has 0 atom stereocenters. The number of hydrogen-bond acceptors (Lipinski definition) is 4. The number of nitrogens with one attached hydrogen (secondary N) is 2. The van der Waals surface area contributed by atoms with Gasteiger partial charge in [0.05, 0.1) is 4.47 Å². The van der Waals surface area contributed by atoms with E-state index in [1.165, 1.54) is 5.56 Å². The molecule has 0 amide bonds. The van der Waals surface area contributed by atoms with Crippen LogP contribution in [0.25, 0.3) is 0 Å². The summed E-state index contributed by atoms with van der Waals surface area (Å²) in [7, 11) is 0. The molecule has 0 aliphatic rings. The minimum Gasteiger partial charge on any atom is -0.365 e. The minimum absolute atomic E-state index is 0.653. The number of anilines is 2. The molecule has 1 aromatic heterocycles. The molecular formula is C14H17BrN4. The Morgan fingerprint density at radius 2 is 1.95 bits per heavy atom. The lowest BCUT2D eigenvalue weighted by molar-refractivity contribution is 0.948. The van der Waals surface area contributed by atoms with Crippen LogP contribution in [0.2, 0.25) is 0 Å². The molecule has 0 saturated carbocycles. The normalized spacial score (nSPS) is 10.2. The molecule has 1 heterocycles. The van der Waals surface area contributed by atoms with E-state index < -0.39 is 0 Å². The zero-order valence-corrected chi connectivity index (χ0v) is 12.4. The van der Waals surface area contributed by atoms with Crippen molar-refractivity contribution in [3.63, 3.8) is 0 Å². The zero-order valence-electron chi connectivity index (χ0n) is 10.9. The predicted octanol–water partition coefficient (Wildman–Crippen LogP) is 3.67. The lowest BCUT2D eigenvalue weighted by Crippen LogP contribution is -2.08. The highest BCUT2D eigenvalue weighted by Gasteiger charge is 2.04. The van der Waals surface area contributed by atoms with Gasteiger partial charge in [-0.1, -0.05) is 37.3 Å². The standard InChI is InChI=1S/C14H17BrN4/c1-2-8-16-14-18-10-12(15)13(19-14)17-9-11-6-4-3-5-7-11/h3-7,10H,2,8-9H2,1H3,(H2,16,17,18,19). The maximum absolute atomic E-state index is 4.44. The Morgan fingerprint density at radius 1 is 1.16 bits per heavy atom. The van der Waals surface area contributed by atoms with E-state index in [1.807, 2.05) is 18.2 Å². The highest BCUT2D eigenvalue weighted by molar-refractivity contribution is 9.10. The van der Waals surface area contributed by atoms with Crippen molar-refractivity contribution < 1.29 is 0 Å². The van der Waals surface area contributed by atoms with Crippen LogP contribution < -0.4 is 10.6 Å². The average Bonchev–Trinajstić information content (AvgIpc) is 2.46. The molecule has 0 spiro atoms. The first-order valence-corrected chi connectivity index (χ1v) is 7.13. The fourth-order valence-corrected chi connectivity index (χ4v) is 1.93.